The number of hydrogen-bond donors (Lipinski definition) is 3. The average Bonchev–Trinajstić information content (AvgIpc) is 3.04. The normalized spacial score (nSPS) is 16.9. The highest BCUT2D eigenvalue weighted by molar-refractivity contribution is 5.90. The largest absolute Gasteiger partial charge is 0.445 e. The van der Waals surface area contributed by atoms with E-state index in [0.717, 1.165) is 49.7 Å². The molecule has 3 N–H and O–H groups in total. The van der Waals surface area contributed by atoms with E-state index in [1.807, 2.05) is 25.1 Å². The molecule has 1 fully saturated rings. The topological polar surface area (TPSA) is 87.4 Å². The standard InChI is InChI=1S/C19H25N3O3/c1-14-6-7-15(17-20-10-11-25-17)12-16(14)22-18(23)21-13-19(24)8-4-2-3-5-9-19/h6-7,10-12,24H,2-5,8-9,13H2,1H3,(H2,21,22,23). The number of amides is 2. The molecule has 134 valence electrons. The summed E-state index contributed by atoms with van der Waals surface area (Å²) in [4.78, 5) is 16.4. The molecule has 25 heavy (non-hydrogen) atoms. The Morgan fingerprint density at radius 2 is 2.04 bits per heavy atom. The first-order chi connectivity index (χ1) is 12.1. The van der Waals surface area contributed by atoms with Crippen LogP contribution in [0.15, 0.2) is 35.1 Å². The number of benzene rings is 1. The number of nitrogens with zero attached hydrogens (tertiary/aromatic N) is 1. The van der Waals surface area contributed by atoms with E-state index >= 15 is 0 Å². The Balaban J connectivity index is 1.61. The zero-order valence-corrected chi connectivity index (χ0v) is 14.5. The number of aromatic nitrogens is 1. The Kier molecular flexibility index (Phi) is 5.38. The van der Waals surface area contributed by atoms with Gasteiger partial charge in [0.1, 0.15) is 6.26 Å². The number of urea groups is 1. The number of rotatable bonds is 4. The van der Waals surface area contributed by atoms with Crippen LogP contribution in [0, 0.1) is 6.92 Å². The van der Waals surface area contributed by atoms with Crippen molar-refractivity contribution in [3.05, 3.63) is 36.2 Å². The van der Waals surface area contributed by atoms with Crippen molar-refractivity contribution in [3.63, 3.8) is 0 Å². The van der Waals surface area contributed by atoms with Crippen LogP contribution in [0.2, 0.25) is 0 Å². The number of oxazole rings is 1. The summed E-state index contributed by atoms with van der Waals surface area (Å²) in [6.45, 7) is 2.20. The van der Waals surface area contributed by atoms with Crippen molar-refractivity contribution < 1.29 is 14.3 Å². The molecule has 3 rings (SSSR count). The predicted octanol–water partition coefficient (Wildman–Crippen LogP) is 3.86. The molecule has 0 bridgehead atoms. The zero-order valence-electron chi connectivity index (χ0n) is 14.5. The fraction of sp³-hybridized carbons (Fsp3) is 0.474. The first kappa shape index (κ1) is 17.5. The lowest BCUT2D eigenvalue weighted by molar-refractivity contribution is 0.0281. The van der Waals surface area contributed by atoms with Crippen molar-refractivity contribution in [3.8, 4) is 11.5 Å². The van der Waals surface area contributed by atoms with Crippen LogP contribution in [0.5, 0.6) is 0 Å². The van der Waals surface area contributed by atoms with Crippen molar-refractivity contribution in [1.29, 1.82) is 0 Å². The van der Waals surface area contributed by atoms with E-state index in [0.29, 0.717) is 11.6 Å². The molecule has 6 heteroatoms. The van der Waals surface area contributed by atoms with Crippen LogP contribution in [0.3, 0.4) is 0 Å². The van der Waals surface area contributed by atoms with Gasteiger partial charge in [0.05, 0.1) is 11.8 Å². The molecule has 1 aromatic heterocycles. The van der Waals surface area contributed by atoms with Crippen LogP contribution in [0.1, 0.15) is 44.1 Å². The number of nitrogens with one attached hydrogen (secondary N) is 2. The molecule has 2 amide bonds. The third kappa shape index (κ3) is 4.60. The molecule has 2 aromatic rings. The number of aryl methyl sites for hydroxylation is 1. The highest BCUT2D eigenvalue weighted by Crippen LogP contribution is 2.27. The first-order valence-electron chi connectivity index (χ1n) is 8.83. The maximum atomic E-state index is 12.3. The van der Waals surface area contributed by atoms with Gasteiger partial charge in [-0.1, -0.05) is 31.7 Å². The molecule has 1 aliphatic carbocycles. The van der Waals surface area contributed by atoms with Gasteiger partial charge in [-0.05, 0) is 37.5 Å². The second-order valence-corrected chi connectivity index (χ2v) is 6.81. The lowest BCUT2D eigenvalue weighted by Gasteiger charge is -2.26. The highest BCUT2D eigenvalue weighted by Gasteiger charge is 2.28. The lowest BCUT2D eigenvalue weighted by Crippen LogP contribution is -2.44. The highest BCUT2D eigenvalue weighted by atomic mass is 16.3. The van der Waals surface area contributed by atoms with Gasteiger partial charge in [-0.3, -0.25) is 0 Å². The summed E-state index contributed by atoms with van der Waals surface area (Å²) in [7, 11) is 0. The molecule has 6 nitrogen and oxygen atoms in total. The van der Waals surface area contributed by atoms with Crippen LogP contribution in [0.25, 0.3) is 11.5 Å². The minimum atomic E-state index is -0.789. The van der Waals surface area contributed by atoms with Crippen molar-refractivity contribution in [2.75, 3.05) is 11.9 Å². The van der Waals surface area contributed by atoms with Crippen molar-refractivity contribution in [2.45, 2.75) is 51.0 Å². The smallest absolute Gasteiger partial charge is 0.319 e. The third-order valence-corrected chi connectivity index (χ3v) is 4.78. The summed E-state index contributed by atoms with van der Waals surface area (Å²) in [5.74, 6) is 0.510. The van der Waals surface area contributed by atoms with Crippen LogP contribution in [-0.2, 0) is 0 Å². The summed E-state index contributed by atoms with van der Waals surface area (Å²) in [6.07, 6.45) is 8.92. The van der Waals surface area contributed by atoms with Crippen LogP contribution >= 0.6 is 0 Å². The van der Waals surface area contributed by atoms with Gasteiger partial charge in [0.15, 0.2) is 0 Å². The van der Waals surface area contributed by atoms with Gasteiger partial charge in [0.25, 0.3) is 0 Å². The van der Waals surface area contributed by atoms with Gasteiger partial charge in [-0.2, -0.15) is 0 Å². The van der Waals surface area contributed by atoms with Gasteiger partial charge in [0.2, 0.25) is 5.89 Å². The fourth-order valence-corrected chi connectivity index (χ4v) is 3.23. The Morgan fingerprint density at radius 3 is 2.72 bits per heavy atom. The second kappa shape index (κ2) is 7.70. The van der Waals surface area contributed by atoms with Gasteiger partial charge in [0, 0.05) is 17.8 Å². The van der Waals surface area contributed by atoms with Crippen LogP contribution < -0.4 is 10.6 Å². The van der Waals surface area contributed by atoms with Gasteiger partial charge in [-0.25, -0.2) is 9.78 Å². The summed E-state index contributed by atoms with van der Waals surface area (Å²) >= 11 is 0. The maximum Gasteiger partial charge on any atom is 0.319 e. The summed E-state index contributed by atoms with van der Waals surface area (Å²) in [6, 6.07) is 5.33. The molecule has 1 aliphatic rings. The first-order valence-corrected chi connectivity index (χ1v) is 8.83. The van der Waals surface area contributed by atoms with Crippen LogP contribution in [0.4, 0.5) is 10.5 Å². The van der Waals surface area contributed by atoms with Crippen molar-refractivity contribution in [2.24, 2.45) is 0 Å². The maximum absolute atomic E-state index is 12.3. The third-order valence-electron chi connectivity index (χ3n) is 4.78. The summed E-state index contributed by atoms with van der Waals surface area (Å²) < 4.78 is 5.30. The van der Waals surface area contributed by atoms with Gasteiger partial charge in [-0.15, -0.1) is 0 Å². The molecule has 0 spiro atoms. The fourth-order valence-electron chi connectivity index (χ4n) is 3.23. The molecule has 1 heterocycles. The van der Waals surface area contributed by atoms with E-state index in [-0.39, 0.29) is 12.6 Å². The van der Waals surface area contributed by atoms with Crippen LogP contribution in [-0.4, -0.2) is 28.3 Å². The molecular weight excluding hydrogens is 318 g/mol. The predicted molar refractivity (Wildman–Crippen MR) is 96.3 cm³/mol. The molecule has 0 atom stereocenters. The number of anilines is 1. The van der Waals surface area contributed by atoms with Crippen molar-refractivity contribution in [1.82, 2.24) is 10.3 Å². The summed E-state index contributed by atoms with van der Waals surface area (Å²) in [5, 5.41) is 16.3. The monoisotopic (exact) mass is 343 g/mol. The number of carbonyl (C=O) groups excluding carboxylic acids is 1. The van der Waals surface area contributed by atoms with Gasteiger partial charge >= 0.3 is 6.03 Å². The number of aliphatic hydroxyl groups is 1. The van der Waals surface area contributed by atoms with E-state index in [1.54, 1.807) is 6.20 Å². The average molecular weight is 343 g/mol. The Bertz CT molecular complexity index is 705. The van der Waals surface area contributed by atoms with E-state index in [9.17, 15) is 9.90 Å². The molecule has 0 aliphatic heterocycles. The molecule has 0 saturated heterocycles. The second-order valence-electron chi connectivity index (χ2n) is 6.81. The zero-order chi connectivity index (χ0) is 17.7. The van der Waals surface area contributed by atoms with E-state index in [2.05, 4.69) is 15.6 Å². The Morgan fingerprint density at radius 1 is 1.28 bits per heavy atom. The Hall–Kier alpha value is -2.34. The SMILES string of the molecule is Cc1ccc(-c2ncco2)cc1NC(=O)NCC1(O)CCCCCC1. The lowest BCUT2D eigenvalue weighted by atomic mass is 9.94. The molecular formula is C19H25N3O3. The molecule has 0 radical (unpaired) electrons. The molecule has 1 aromatic carbocycles. The quantitative estimate of drug-likeness (QED) is 0.736. The minimum absolute atomic E-state index is 0.275. The Labute approximate surface area is 147 Å². The minimum Gasteiger partial charge on any atom is -0.445 e. The number of carbonyl (C=O) groups is 1. The van der Waals surface area contributed by atoms with Gasteiger partial charge < -0.3 is 20.2 Å². The molecule has 0 unspecified atom stereocenters. The van der Waals surface area contributed by atoms with Crippen molar-refractivity contribution >= 4 is 11.7 Å². The van der Waals surface area contributed by atoms with E-state index < -0.39 is 5.60 Å². The number of hydrogen-bond acceptors (Lipinski definition) is 4. The van der Waals surface area contributed by atoms with E-state index in [1.165, 1.54) is 6.26 Å². The summed E-state index contributed by atoms with van der Waals surface area (Å²) in [5.41, 5.74) is 1.65. The molecule has 1 saturated carbocycles. The van der Waals surface area contributed by atoms with E-state index in [4.69, 9.17) is 4.42 Å².